The van der Waals surface area contributed by atoms with Crippen LogP contribution in [0.25, 0.3) is 10.9 Å². The van der Waals surface area contributed by atoms with Crippen LogP contribution in [0.15, 0.2) is 24.3 Å². The van der Waals surface area contributed by atoms with Gasteiger partial charge in [-0.25, -0.2) is 14.4 Å². The highest BCUT2D eigenvalue weighted by Gasteiger charge is 2.36. The molecule has 32 heavy (non-hydrogen) atoms. The highest BCUT2D eigenvalue weighted by atomic mass is 19.4. The lowest BCUT2D eigenvalue weighted by atomic mass is 10.0. The molecular weight excluding hydrogens is 428 g/mol. The summed E-state index contributed by atoms with van der Waals surface area (Å²) in [6.45, 7) is 0.591. The molecule has 2 aliphatic rings. The number of carbonyl (C=O) groups is 1. The molecule has 2 N–H and O–H groups in total. The number of hydrogen-bond acceptors (Lipinski definition) is 5. The number of aromatic nitrogens is 2. The number of rotatable bonds is 2. The van der Waals surface area contributed by atoms with Crippen LogP contribution in [0.5, 0.6) is 0 Å². The van der Waals surface area contributed by atoms with E-state index in [2.05, 4.69) is 9.97 Å². The fourth-order valence-electron chi connectivity index (χ4n) is 4.49. The number of nitrogens with zero attached hydrogens (tertiary/aromatic N) is 3. The number of pyridine rings is 2. The van der Waals surface area contributed by atoms with Gasteiger partial charge in [0.25, 0.3) is 5.91 Å². The highest BCUT2D eigenvalue weighted by Crippen LogP contribution is 2.38. The zero-order chi connectivity index (χ0) is 22.8. The lowest BCUT2D eigenvalue weighted by Crippen LogP contribution is -2.31. The van der Waals surface area contributed by atoms with E-state index < -0.39 is 29.6 Å². The normalized spacial score (nSPS) is 17.5. The second-order valence-electron chi connectivity index (χ2n) is 8.00. The van der Waals surface area contributed by atoms with Crippen molar-refractivity contribution in [1.29, 1.82) is 0 Å². The van der Waals surface area contributed by atoms with Crippen molar-refractivity contribution in [3.63, 3.8) is 0 Å². The van der Waals surface area contributed by atoms with E-state index in [1.165, 1.54) is 30.1 Å². The number of alkyl halides is 3. The smallest absolute Gasteiger partial charge is 0.383 e. The summed E-state index contributed by atoms with van der Waals surface area (Å²) in [6.07, 6.45) is -3.83. The van der Waals surface area contributed by atoms with Gasteiger partial charge < -0.3 is 15.4 Å². The van der Waals surface area contributed by atoms with Gasteiger partial charge in [0, 0.05) is 29.8 Å². The van der Waals surface area contributed by atoms with E-state index in [1.807, 2.05) is 0 Å². The summed E-state index contributed by atoms with van der Waals surface area (Å²) in [7, 11) is 1.51. The zero-order valence-electron chi connectivity index (χ0n) is 17.0. The van der Waals surface area contributed by atoms with Crippen LogP contribution < -0.4 is 5.73 Å². The third-order valence-electron chi connectivity index (χ3n) is 6.15. The molecular formula is C22H18F4N4O2. The molecule has 0 saturated heterocycles. The summed E-state index contributed by atoms with van der Waals surface area (Å²) >= 11 is 0. The van der Waals surface area contributed by atoms with Gasteiger partial charge >= 0.3 is 6.18 Å². The summed E-state index contributed by atoms with van der Waals surface area (Å²) < 4.78 is 59.2. The quantitative estimate of drug-likeness (QED) is 0.598. The molecule has 3 heterocycles. The summed E-state index contributed by atoms with van der Waals surface area (Å²) in [4.78, 5) is 22.5. The van der Waals surface area contributed by atoms with Crippen molar-refractivity contribution >= 4 is 22.6 Å². The number of anilines is 1. The molecule has 1 atom stereocenters. The Balaban J connectivity index is 1.50. The molecule has 166 valence electrons. The van der Waals surface area contributed by atoms with Crippen LogP contribution in [0, 0.1) is 5.82 Å². The Morgan fingerprint density at radius 2 is 1.94 bits per heavy atom. The average molecular weight is 446 g/mol. The van der Waals surface area contributed by atoms with Crippen molar-refractivity contribution in [2.75, 3.05) is 12.8 Å². The van der Waals surface area contributed by atoms with Crippen LogP contribution in [0.4, 0.5) is 23.4 Å². The molecule has 0 bridgehead atoms. The molecule has 5 rings (SSSR count). The maximum atomic E-state index is 14.9. The first-order valence-electron chi connectivity index (χ1n) is 9.97. The minimum atomic E-state index is -4.54. The SMILES string of the molecule is CN(C(=O)c1cc2c3c(c(N)nc2cc1F)COC3)[C@H]1CCc2nc(C(F)(F)F)ccc21. The van der Waals surface area contributed by atoms with Crippen molar-refractivity contribution in [3.05, 3.63) is 63.7 Å². The van der Waals surface area contributed by atoms with Crippen LogP contribution in [0.1, 0.15) is 50.9 Å². The predicted octanol–water partition coefficient (Wildman–Crippen LogP) is 4.16. The third kappa shape index (κ3) is 3.17. The van der Waals surface area contributed by atoms with Crippen LogP contribution in [-0.4, -0.2) is 27.8 Å². The van der Waals surface area contributed by atoms with Crippen LogP contribution in [-0.2, 0) is 30.5 Å². The number of fused-ring (bicyclic) bond motifs is 4. The Bertz CT molecular complexity index is 1280. The molecule has 0 fully saturated rings. The molecule has 10 heteroatoms. The fraction of sp³-hybridized carbons (Fsp3) is 0.318. The summed E-state index contributed by atoms with van der Waals surface area (Å²) in [5.74, 6) is -1.05. The second-order valence-corrected chi connectivity index (χ2v) is 8.00. The van der Waals surface area contributed by atoms with E-state index in [1.54, 1.807) is 0 Å². The molecule has 6 nitrogen and oxygen atoms in total. The van der Waals surface area contributed by atoms with E-state index in [-0.39, 0.29) is 18.0 Å². The molecule has 2 aromatic heterocycles. The van der Waals surface area contributed by atoms with E-state index in [9.17, 15) is 22.4 Å². The number of amides is 1. The van der Waals surface area contributed by atoms with Crippen molar-refractivity contribution in [2.24, 2.45) is 0 Å². The first-order valence-corrected chi connectivity index (χ1v) is 9.97. The van der Waals surface area contributed by atoms with E-state index in [4.69, 9.17) is 10.5 Å². The third-order valence-corrected chi connectivity index (χ3v) is 6.15. The van der Waals surface area contributed by atoms with Gasteiger partial charge in [-0.1, -0.05) is 6.07 Å². The number of nitrogen functional groups attached to an aromatic ring is 1. The Morgan fingerprint density at radius 1 is 1.19 bits per heavy atom. The summed E-state index contributed by atoms with van der Waals surface area (Å²) in [5.41, 5.74) is 7.51. The van der Waals surface area contributed by atoms with Crippen LogP contribution in [0.3, 0.4) is 0 Å². The monoisotopic (exact) mass is 446 g/mol. The Hall–Kier alpha value is -3.27. The van der Waals surface area contributed by atoms with Gasteiger partial charge in [0.05, 0.1) is 30.3 Å². The Kier molecular flexibility index (Phi) is 4.59. The van der Waals surface area contributed by atoms with E-state index >= 15 is 0 Å². The van der Waals surface area contributed by atoms with Crippen LogP contribution in [0.2, 0.25) is 0 Å². The molecule has 0 spiro atoms. The van der Waals surface area contributed by atoms with Gasteiger partial charge in [-0.05, 0) is 36.1 Å². The maximum absolute atomic E-state index is 14.9. The first-order chi connectivity index (χ1) is 15.1. The fourth-order valence-corrected chi connectivity index (χ4v) is 4.49. The molecule has 0 saturated carbocycles. The largest absolute Gasteiger partial charge is 0.433 e. The number of carbonyl (C=O) groups excluding carboxylic acids is 1. The number of benzene rings is 1. The highest BCUT2D eigenvalue weighted by molar-refractivity contribution is 5.99. The summed E-state index contributed by atoms with van der Waals surface area (Å²) in [6, 6.07) is 4.38. The number of nitrogens with two attached hydrogens (primary N) is 1. The Morgan fingerprint density at radius 3 is 2.69 bits per heavy atom. The van der Waals surface area contributed by atoms with Crippen molar-refractivity contribution in [1.82, 2.24) is 14.9 Å². The van der Waals surface area contributed by atoms with Gasteiger partial charge in [-0.3, -0.25) is 4.79 Å². The van der Waals surface area contributed by atoms with Crippen molar-refractivity contribution in [2.45, 2.75) is 38.3 Å². The molecule has 3 aromatic rings. The van der Waals surface area contributed by atoms with Crippen molar-refractivity contribution < 1.29 is 27.1 Å². The standard InChI is InChI=1S/C22H18F4N4O2/c1-30(18-4-3-16-10(18)2-5-19(28-16)22(24,25)26)21(31)12-6-11-13-8-32-9-14(13)20(27)29-17(11)7-15(12)23/h2,5-7,18H,3-4,8-9H2,1H3,(H2,27,29)/t18-/m0/s1. The second kappa shape index (κ2) is 7.13. The number of halogens is 4. The molecule has 0 unspecified atom stereocenters. The maximum Gasteiger partial charge on any atom is 0.433 e. The van der Waals surface area contributed by atoms with Gasteiger partial charge in [0.15, 0.2) is 0 Å². The lowest BCUT2D eigenvalue weighted by Gasteiger charge is -2.26. The van der Waals surface area contributed by atoms with E-state index in [0.29, 0.717) is 41.6 Å². The first kappa shape index (κ1) is 20.6. The molecule has 1 aliphatic heterocycles. The predicted molar refractivity (Wildman–Crippen MR) is 107 cm³/mol. The zero-order valence-corrected chi connectivity index (χ0v) is 17.0. The van der Waals surface area contributed by atoms with Crippen LogP contribution >= 0.6 is 0 Å². The lowest BCUT2D eigenvalue weighted by molar-refractivity contribution is -0.141. The van der Waals surface area contributed by atoms with Gasteiger partial charge in [0.2, 0.25) is 0 Å². The molecule has 1 aromatic carbocycles. The van der Waals surface area contributed by atoms with Gasteiger partial charge in [-0.15, -0.1) is 0 Å². The molecule has 0 radical (unpaired) electrons. The number of aryl methyl sites for hydroxylation is 1. The Labute approximate surface area is 180 Å². The number of hydrogen-bond donors (Lipinski definition) is 1. The van der Waals surface area contributed by atoms with Gasteiger partial charge in [-0.2, -0.15) is 13.2 Å². The summed E-state index contributed by atoms with van der Waals surface area (Å²) in [5, 5.41) is 0.591. The van der Waals surface area contributed by atoms with Crippen molar-refractivity contribution in [3.8, 4) is 0 Å². The minimum absolute atomic E-state index is 0.144. The average Bonchev–Trinajstić information content (AvgIpc) is 3.39. The van der Waals surface area contributed by atoms with Gasteiger partial charge in [0.1, 0.15) is 17.3 Å². The van der Waals surface area contributed by atoms with E-state index in [0.717, 1.165) is 17.2 Å². The number of ether oxygens (including phenoxy) is 1. The topological polar surface area (TPSA) is 81.3 Å². The molecule has 1 amide bonds. The molecule has 1 aliphatic carbocycles. The minimum Gasteiger partial charge on any atom is -0.383 e.